The Morgan fingerprint density at radius 1 is 1.25 bits per heavy atom. The van der Waals surface area contributed by atoms with Crippen LogP contribution in [0.25, 0.3) is 0 Å². The lowest BCUT2D eigenvalue weighted by molar-refractivity contribution is -0.112. The minimum atomic E-state index is -1.08. The molecule has 0 bridgehead atoms. The van der Waals surface area contributed by atoms with Crippen LogP contribution in [0.2, 0.25) is 0 Å². The van der Waals surface area contributed by atoms with Crippen molar-refractivity contribution in [2.45, 2.75) is 38.7 Å². The van der Waals surface area contributed by atoms with Crippen molar-refractivity contribution >= 4 is 18.0 Å². The Balaban J connectivity index is 1.68. The van der Waals surface area contributed by atoms with Crippen molar-refractivity contribution < 1.29 is 42.1 Å². The summed E-state index contributed by atoms with van der Waals surface area (Å²) in [5, 5.41) is 2.41. The first-order valence-corrected chi connectivity index (χ1v) is 11.0. The van der Waals surface area contributed by atoms with Crippen LogP contribution in [0.15, 0.2) is 29.2 Å². The van der Waals surface area contributed by atoms with Gasteiger partial charge in [0.05, 0.1) is 20.3 Å². The molecule has 3 heterocycles. The predicted octanol–water partition coefficient (Wildman–Crippen LogP) is 1.77. The molecule has 11 nitrogen and oxygen atoms in total. The van der Waals surface area contributed by atoms with Crippen molar-refractivity contribution in [1.29, 1.82) is 0 Å². The van der Waals surface area contributed by atoms with Gasteiger partial charge in [0, 0.05) is 30.4 Å². The second-order valence-electron chi connectivity index (χ2n) is 8.16. The molecule has 4 rings (SSSR count). The molecule has 2 aliphatic rings. The summed E-state index contributed by atoms with van der Waals surface area (Å²) in [6.07, 6.45) is 0.0809. The summed E-state index contributed by atoms with van der Waals surface area (Å²) >= 11 is 0. The maximum Gasteiger partial charge on any atom is 0.510 e. The summed E-state index contributed by atoms with van der Waals surface area (Å²) in [6.45, 7) is 1.29. The molecule has 36 heavy (non-hydrogen) atoms. The van der Waals surface area contributed by atoms with E-state index in [9.17, 15) is 28.0 Å². The van der Waals surface area contributed by atoms with Crippen LogP contribution in [0.3, 0.4) is 0 Å². The van der Waals surface area contributed by atoms with E-state index in [0.717, 1.165) is 19.2 Å². The number of carbonyl (C=O) groups excluding carboxylic acids is 3. The van der Waals surface area contributed by atoms with E-state index >= 15 is 0 Å². The summed E-state index contributed by atoms with van der Waals surface area (Å²) in [4.78, 5) is 52.3. The highest BCUT2D eigenvalue weighted by atomic mass is 19.1. The van der Waals surface area contributed by atoms with Gasteiger partial charge in [-0.2, -0.15) is 0 Å². The Morgan fingerprint density at radius 3 is 2.75 bits per heavy atom. The van der Waals surface area contributed by atoms with Crippen LogP contribution in [0, 0.1) is 11.6 Å². The van der Waals surface area contributed by atoms with Crippen molar-refractivity contribution in [2.75, 3.05) is 20.5 Å². The van der Waals surface area contributed by atoms with Crippen molar-refractivity contribution in [3.63, 3.8) is 0 Å². The van der Waals surface area contributed by atoms with Gasteiger partial charge in [-0.1, -0.05) is 6.07 Å². The number of fused-ring (bicyclic) bond motifs is 2. The molecule has 1 aromatic heterocycles. The molecule has 192 valence electrons. The summed E-state index contributed by atoms with van der Waals surface area (Å²) in [5.41, 5.74) is -1.48. The number of hydrogen-bond donors (Lipinski definition) is 1. The summed E-state index contributed by atoms with van der Waals surface area (Å²) in [5.74, 6) is -3.57. The van der Waals surface area contributed by atoms with E-state index in [1.54, 1.807) is 0 Å². The van der Waals surface area contributed by atoms with Gasteiger partial charge in [0.1, 0.15) is 17.2 Å². The molecule has 13 heteroatoms. The predicted molar refractivity (Wildman–Crippen MR) is 117 cm³/mol. The average Bonchev–Trinajstić information content (AvgIpc) is 2.84. The molecule has 1 aromatic carbocycles. The van der Waals surface area contributed by atoms with E-state index in [-0.39, 0.29) is 30.4 Å². The first-order valence-electron chi connectivity index (χ1n) is 11.0. The van der Waals surface area contributed by atoms with Gasteiger partial charge in [-0.05, 0) is 19.4 Å². The van der Waals surface area contributed by atoms with Crippen molar-refractivity contribution in [2.24, 2.45) is 0 Å². The van der Waals surface area contributed by atoms with Gasteiger partial charge in [-0.15, -0.1) is 0 Å². The number of ether oxygens (including phenoxy) is 4. The van der Waals surface area contributed by atoms with Crippen LogP contribution in [-0.4, -0.2) is 60.2 Å². The zero-order chi connectivity index (χ0) is 26.0. The third kappa shape index (κ3) is 4.87. The van der Waals surface area contributed by atoms with E-state index in [2.05, 4.69) is 14.8 Å². The van der Waals surface area contributed by atoms with Crippen LogP contribution < -0.4 is 15.5 Å². The fourth-order valence-corrected chi connectivity index (χ4v) is 4.07. The highest BCUT2D eigenvalue weighted by Crippen LogP contribution is 2.30. The van der Waals surface area contributed by atoms with E-state index < -0.39 is 59.4 Å². The number of rotatable bonds is 6. The molecule has 2 amide bonds. The number of halogens is 2. The van der Waals surface area contributed by atoms with Crippen LogP contribution in [0.4, 0.5) is 13.6 Å². The molecular formula is C23H23F2N3O8. The third-order valence-electron chi connectivity index (χ3n) is 5.90. The highest BCUT2D eigenvalue weighted by molar-refractivity contribution is 5.99. The van der Waals surface area contributed by atoms with Gasteiger partial charge in [0.2, 0.25) is 18.0 Å². The largest absolute Gasteiger partial charge is 0.510 e. The second kappa shape index (κ2) is 10.3. The molecular weight excluding hydrogens is 484 g/mol. The Labute approximate surface area is 203 Å². The van der Waals surface area contributed by atoms with Gasteiger partial charge in [-0.25, -0.2) is 13.6 Å². The molecule has 0 saturated carbocycles. The lowest BCUT2D eigenvalue weighted by Crippen LogP contribution is -2.57. The highest BCUT2D eigenvalue weighted by Gasteiger charge is 2.41. The van der Waals surface area contributed by atoms with Crippen molar-refractivity contribution in [3.8, 4) is 5.75 Å². The van der Waals surface area contributed by atoms with Crippen LogP contribution in [0.1, 0.15) is 39.8 Å². The number of amides is 2. The molecule has 0 spiro atoms. The van der Waals surface area contributed by atoms with E-state index in [0.29, 0.717) is 19.1 Å². The zero-order valence-electron chi connectivity index (χ0n) is 19.4. The SMILES string of the molecule is COC(=O)OCOc1c2n(cc(C(=O)NCc3ccc(F)cc3F)c1=O)CC1OCCC(C)N1C2=O. The lowest BCUT2D eigenvalue weighted by atomic mass is 10.1. The summed E-state index contributed by atoms with van der Waals surface area (Å²) < 4.78 is 48.6. The molecule has 2 aliphatic heterocycles. The number of nitrogens with zero attached hydrogens (tertiary/aromatic N) is 2. The normalized spacial score (nSPS) is 18.7. The monoisotopic (exact) mass is 507 g/mol. The van der Waals surface area contributed by atoms with Crippen LogP contribution in [-0.2, 0) is 27.3 Å². The zero-order valence-corrected chi connectivity index (χ0v) is 19.4. The van der Waals surface area contributed by atoms with E-state index in [1.165, 1.54) is 15.7 Å². The molecule has 2 aromatic rings. The fraction of sp³-hybridized carbons (Fsp3) is 0.391. The Hall–Kier alpha value is -4.00. The lowest BCUT2D eigenvalue weighted by Gasteiger charge is -2.44. The number of methoxy groups -OCH3 is 1. The molecule has 1 N–H and O–H groups in total. The van der Waals surface area contributed by atoms with Crippen LogP contribution >= 0.6 is 0 Å². The number of carbonyl (C=O) groups is 3. The topological polar surface area (TPSA) is 125 Å². The Kier molecular flexibility index (Phi) is 7.20. The molecule has 2 atom stereocenters. The van der Waals surface area contributed by atoms with Gasteiger partial charge in [-0.3, -0.25) is 14.4 Å². The quantitative estimate of drug-likeness (QED) is 0.463. The molecule has 1 fully saturated rings. The number of aromatic nitrogens is 1. The molecule has 0 radical (unpaired) electrons. The van der Waals surface area contributed by atoms with Crippen molar-refractivity contribution in [1.82, 2.24) is 14.8 Å². The molecule has 0 aliphatic carbocycles. The van der Waals surface area contributed by atoms with Gasteiger partial charge < -0.3 is 33.7 Å². The fourth-order valence-electron chi connectivity index (χ4n) is 4.07. The average molecular weight is 507 g/mol. The smallest absolute Gasteiger partial charge is 0.451 e. The molecule has 2 unspecified atom stereocenters. The van der Waals surface area contributed by atoms with E-state index in [1.807, 2.05) is 6.92 Å². The summed E-state index contributed by atoms with van der Waals surface area (Å²) in [6, 6.07) is 2.70. The van der Waals surface area contributed by atoms with Crippen LogP contribution in [0.5, 0.6) is 5.75 Å². The maximum absolute atomic E-state index is 14.0. The van der Waals surface area contributed by atoms with Gasteiger partial charge in [0.25, 0.3) is 11.8 Å². The number of pyridine rings is 1. The Bertz CT molecular complexity index is 1260. The Morgan fingerprint density at radius 2 is 2.03 bits per heavy atom. The standard InChI is InChI=1S/C23H23F2N3O8/c1-12-5-6-34-17-10-27-9-15(21(30)26-8-13-3-4-14(24)7-16(13)25)19(29)20(18(27)22(31)28(12)17)35-11-36-23(32)33-2/h3-4,7,9,12,17H,5-6,8,10-11H2,1-2H3,(H,26,30). The number of nitrogens with one attached hydrogen (secondary N) is 1. The number of benzene rings is 1. The first-order chi connectivity index (χ1) is 17.2. The second-order valence-corrected chi connectivity index (χ2v) is 8.16. The third-order valence-corrected chi connectivity index (χ3v) is 5.90. The minimum absolute atomic E-state index is 0.00109. The first kappa shape index (κ1) is 25.1. The molecule has 1 saturated heterocycles. The van der Waals surface area contributed by atoms with E-state index in [4.69, 9.17) is 9.47 Å². The van der Waals surface area contributed by atoms with Gasteiger partial charge >= 0.3 is 6.16 Å². The maximum atomic E-state index is 14.0. The van der Waals surface area contributed by atoms with Gasteiger partial charge in [0.15, 0.2) is 11.9 Å². The number of hydrogen-bond acceptors (Lipinski definition) is 8. The van der Waals surface area contributed by atoms with Crippen molar-refractivity contribution in [3.05, 3.63) is 63.1 Å². The minimum Gasteiger partial charge on any atom is -0.451 e. The summed E-state index contributed by atoms with van der Waals surface area (Å²) in [7, 11) is 1.08.